The van der Waals surface area contributed by atoms with Crippen LogP contribution in [0.5, 0.6) is 0 Å². The molecule has 26 heavy (non-hydrogen) atoms. The van der Waals surface area contributed by atoms with Gasteiger partial charge in [-0.1, -0.05) is 24.3 Å². The van der Waals surface area contributed by atoms with Crippen LogP contribution in [-0.2, 0) is 18.3 Å². The summed E-state index contributed by atoms with van der Waals surface area (Å²) in [5.41, 5.74) is 3.57. The van der Waals surface area contributed by atoms with Crippen molar-refractivity contribution in [3.05, 3.63) is 66.5 Å². The molecule has 0 saturated heterocycles. The van der Waals surface area contributed by atoms with Gasteiger partial charge in [-0.2, -0.15) is 0 Å². The number of hydrogen-bond donors (Lipinski definition) is 1. The lowest BCUT2D eigenvalue weighted by Crippen LogP contribution is -2.18. The highest BCUT2D eigenvalue weighted by molar-refractivity contribution is 6.10. The van der Waals surface area contributed by atoms with Gasteiger partial charge in [0.1, 0.15) is 5.69 Å². The molecule has 1 N–H and O–H groups in total. The van der Waals surface area contributed by atoms with Gasteiger partial charge in [-0.15, -0.1) is 0 Å². The number of hydrogen-bond acceptors (Lipinski definition) is 2. The molecule has 4 rings (SSSR count). The van der Waals surface area contributed by atoms with Gasteiger partial charge in [0.05, 0.1) is 12.3 Å². The normalized spacial score (nSPS) is 11.3. The molecule has 0 spiro atoms. The van der Waals surface area contributed by atoms with Crippen LogP contribution in [0.3, 0.4) is 0 Å². The Labute approximate surface area is 151 Å². The highest BCUT2D eigenvalue weighted by Gasteiger charge is 2.16. The minimum atomic E-state index is -0.117. The van der Waals surface area contributed by atoms with Crippen molar-refractivity contribution in [3.63, 3.8) is 0 Å². The Morgan fingerprint density at radius 1 is 1.08 bits per heavy atom. The Morgan fingerprint density at radius 3 is 2.73 bits per heavy atom. The topological polar surface area (TPSA) is 48.2 Å². The lowest BCUT2D eigenvalue weighted by Gasteiger charge is -2.11. The maximum absolute atomic E-state index is 13.0. The summed E-state index contributed by atoms with van der Waals surface area (Å²) in [7, 11) is 3.66. The van der Waals surface area contributed by atoms with Gasteiger partial charge >= 0.3 is 0 Å². The quantitative estimate of drug-likeness (QED) is 0.592. The van der Waals surface area contributed by atoms with Crippen molar-refractivity contribution >= 4 is 33.4 Å². The van der Waals surface area contributed by atoms with Crippen molar-refractivity contribution in [1.82, 2.24) is 9.13 Å². The molecule has 132 valence electrons. The van der Waals surface area contributed by atoms with Crippen LogP contribution in [0, 0.1) is 0 Å². The number of anilines is 1. The summed E-state index contributed by atoms with van der Waals surface area (Å²) in [6.45, 7) is 1.18. The second-order valence-electron chi connectivity index (χ2n) is 6.35. The molecule has 0 aliphatic rings. The zero-order valence-corrected chi connectivity index (χ0v) is 14.9. The van der Waals surface area contributed by atoms with Gasteiger partial charge in [0.2, 0.25) is 0 Å². The van der Waals surface area contributed by atoms with Gasteiger partial charge in [-0.3, -0.25) is 4.79 Å². The zero-order valence-electron chi connectivity index (χ0n) is 14.9. The summed E-state index contributed by atoms with van der Waals surface area (Å²) >= 11 is 0. The van der Waals surface area contributed by atoms with Crippen LogP contribution in [-0.4, -0.2) is 28.8 Å². The number of carbonyl (C=O) groups is 1. The van der Waals surface area contributed by atoms with Crippen molar-refractivity contribution in [2.45, 2.75) is 6.54 Å². The molecular weight excluding hydrogens is 326 g/mol. The van der Waals surface area contributed by atoms with Gasteiger partial charge in [-0.05, 0) is 30.3 Å². The number of methoxy groups -OCH3 is 1. The van der Waals surface area contributed by atoms with Crippen LogP contribution in [0.2, 0.25) is 0 Å². The fraction of sp³-hybridized carbons (Fsp3) is 0.190. The van der Waals surface area contributed by atoms with Crippen LogP contribution in [0.1, 0.15) is 10.5 Å². The largest absolute Gasteiger partial charge is 0.383 e. The summed E-state index contributed by atoms with van der Waals surface area (Å²) in [4.78, 5) is 13.0. The first-order valence-corrected chi connectivity index (χ1v) is 8.61. The molecule has 4 aromatic rings. The molecule has 0 saturated carbocycles. The van der Waals surface area contributed by atoms with E-state index in [0.717, 1.165) is 27.5 Å². The average Bonchev–Trinajstić information content (AvgIpc) is 3.22. The molecule has 2 heterocycles. The highest BCUT2D eigenvalue weighted by atomic mass is 16.5. The number of ether oxygens (including phenoxy) is 1. The molecule has 0 atom stereocenters. The van der Waals surface area contributed by atoms with E-state index >= 15 is 0 Å². The Kier molecular flexibility index (Phi) is 4.22. The number of para-hydroxylation sites is 1. The van der Waals surface area contributed by atoms with Gasteiger partial charge in [-0.25, -0.2) is 0 Å². The molecule has 2 aromatic carbocycles. The maximum Gasteiger partial charge on any atom is 0.272 e. The van der Waals surface area contributed by atoms with Crippen LogP contribution in [0.25, 0.3) is 21.8 Å². The van der Waals surface area contributed by atoms with Crippen LogP contribution >= 0.6 is 0 Å². The lowest BCUT2D eigenvalue weighted by atomic mass is 10.2. The predicted molar refractivity (Wildman–Crippen MR) is 105 cm³/mol. The third-order valence-electron chi connectivity index (χ3n) is 4.74. The van der Waals surface area contributed by atoms with Crippen LogP contribution in [0.15, 0.2) is 60.8 Å². The van der Waals surface area contributed by atoms with Gasteiger partial charge in [0, 0.05) is 48.7 Å². The van der Waals surface area contributed by atoms with Crippen molar-refractivity contribution < 1.29 is 9.53 Å². The van der Waals surface area contributed by atoms with Gasteiger partial charge < -0.3 is 19.2 Å². The van der Waals surface area contributed by atoms with Crippen molar-refractivity contribution in [2.24, 2.45) is 7.05 Å². The minimum Gasteiger partial charge on any atom is -0.383 e. The number of aromatic nitrogens is 2. The summed E-state index contributed by atoms with van der Waals surface area (Å²) < 4.78 is 9.28. The number of nitrogens with one attached hydrogen (secondary N) is 1. The van der Waals surface area contributed by atoms with Crippen LogP contribution in [0.4, 0.5) is 5.69 Å². The van der Waals surface area contributed by atoms with E-state index < -0.39 is 0 Å². The smallest absolute Gasteiger partial charge is 0.272 e. The lowest BCUT2D eigenvalue weighted by molar-refractivity contribution is 0.101. The Balaban J connectivity index is 1.73. The van der Waals surface area contributed by atoms with Crippen molar-refractivity contribution in [2.75, 3.05) is 19.0 Å². The summed E-state index contributed by atoms with van der Waals surface area (Å²) in [6.07, 6.45) is 2.00. The molecule has 5 nitrogen and oxygen atoms in total. The van der Waals surface area contributed by atoms with Crippen molar-refractivity contribution in [1.29, 1.82) is 0 Å². The average molecular weight is 347 g/mol. The van der Waals surface area contributed by atoms with E-state index in [1.54, 1.807) is 7.11 Å². The standard InChI is InChI=1S/C21H21N3O2/c1-23-11-10-16-17(7-5-9-19(16)23)22-21(25)20-14-15-6-3-4-8-18(15)24(20)12-13-26-2/h3-11,14H,12-13H2,1-2H3,(H,22,25). The van der Waals surface area contributed by atoms with Gasteiger partial charge in [0.25, 0.3) is 5.91 Å². The first kappa shape index (κ1) is 16.4. The summed E-state index contributed by atoms with van der Waals surface area (Å²) in [5.74, 6) is -0.117. The molecule has 5 heteroatoms. The SMILES string of the molecule is COCCn1c(C(=O)Nc2cccc3c2ccn3C)cc2ccccc21. The van der Waals surface area contributed by atoms with E-state index in [-0.39, 0.29) is 5.91 Å². The third kappa shape index (κ3) is 2.76. The molecular formula is C21H21N3O2. The fourth-order valence-electron chi connectivity index (χ4n) is 3.42. The first-order chi connectivity index (χ1) is 12.7. The Morgan fingerprint density at radius 2 is 1.88 bits per heavy atom. The fourth-order valence-corrected chi connectivity index (χ4v) is 3.42. The molecule has 0 radical (unpaired) electrons. The number of amides is 1. The van der Waals surface area contributed by atoms with E-state index in [0.29, 0.717) is 18.8 Å². The molecule has 0 aliphatic carbocycles. The number of rotatable bonds is 5. The molecule has 0 bridgehead atoms. The number of aryl methyl sites for hydroxylation is 1. The number of fused-ring (bicyclic) bond motifs is 2. The summed E-state index contributed by atoms with van der Waals surface area (Å²) in [5, 5.41) is 5.16. The summed E-state index contributed by atoms with van der Waals surface area (Å²) in [6, 6.07) is 17.9. The molecule has 1 amide bonds. The second kappa shape index (κ2) is 6.69. The van der Waals surface area contributed by atoms with E-state index in [4.69, 9.17) is 4.74 Å². The number of nitrogens with zero attached hydrogens (tertiary/aromatic N) is 2. The number of carbonyl (C=O) groups excluding carboxylic acids is 1. The first-order valence-electron chi connectivity index (χ1n) is 8.61. The molecule has 2 aromatic heterocycles. The van der Waals surface area contributed by atoms with E-state index in [9.17, 15) is 4.79 Å². The van der Waals surface area contributed by atoms with E-state index in [2.05, 4.69) is 5.32 Å². The zero-order chi connectivity index (χ0) is 18.1. The second-order valence-corrected chi connectivity index (χ2v) is 6.35. The minimum absolute atomic E-state index is 0.117. The molecule has 0 fully saturated rings. The monoisotopic (exact) mass is 347 g/mol. The molecule has 0 aliphatic heterocycles. The van der Waals surface area contributed by atoms with E-state index in [1.807, 2.05) is 77.0 Å². The third-order valence-corrected chi connectivity index (χ3v) is 4.74. The molecule has 0 unspecified atom stereocenters. The highest BCUT2D eigenvalue weighted by Crippen LogP contribution is 2.26. The maximum atomic E-state index is 13.0. The Bertz CT molecular complexity index is 1090. The Hall–Kier alpha value is -3.05. The number of benzene rings is 2. The van der Waals surface area contributed by atoms with E-state index in [1.165, 1.54) is 0 Å². The van der Waals surface area contributed by atoms with Crippen molar-refractivity contribution in [3.8, 4) is 0 Å². The predicted octanol–water partition coefficient (Wildman–Crippen LogP) is 4.03. The van der Waals surface area contributed by atoms with Crippen LogP contribution < -0.4 is 5.32 Å². The van der Waals surface area contributed by atoms with Gasteiger partial charge in [0.15, 0.2) is 0 Å².